The number of rotatable bonds is 4. The van der Waals surface area contributed by atoms with Crippen LogP contribution in [0.25, 0.3) is 0 Å². The summed E-state index contributed by atoms with van der Waals surface area (Å²) in [6.07, 6.45) is 1.98. The van der Waals surface area contributed by atoms with Crippen LogP contribution in [-0.4, -0.2) is 43.4 Å². The number of hydrogen-bond donors (Lipinski definition) is 2. The van der Waals surface area contributed by atoms with Gasteiger partial charge in [-0.2, -0.15) is 0 Å². The second-order valence-electron chi connectivity index (χ2n) is 6.23. The molecule has 1 saturated heterocycles. The summed E-state index contributed by atoms with van der Waals surface area (Å²) < 4.78 is 28.1. The third-order valence-electron chi connectivity index (χ3n) is 4.59. The van der Waals surface area contributed by atoms with Crippen molar-refractivity contribution in [2.45, 2.75) is 24.7 Å². The first-order valence-electron chi connectivity index (χ1n) is 7.34. The van der Waals surface area contributed by atoms with Gasteiger partial charge < -0.3 is 14.4 Å². The Bertz CT molecular complexity index is 764. The molecule has 0 spiro atoms. The Morgan fingerprint density at radius 2 is 2.00 bits per heavy atom. The molecule has 1 aromatic heterocycles. The number of aryl methyl sites for hydroxylation is 1. The largest absolute Gasteiger partial charge is 0.481 e. The van der Waals surface area contributed by atoms with Gasteiger partial charge in [0.15, 0.2) is 5.76 Å². The normalized spacial score (nSPS) is 24.9. The fourth-order valence-corrected chi connectivity index (χ4v) is 3.98. The number of aliphatic carboxylic acids is 1. The number of likely N-dealkylation sites (tertiary alicyclic amines) is 1. The molecule has 2 heterocycles. The molecule has 8 nitrogen and oxygen atoms in total. The van der Waals surface area contributed by atoms with Crippen molar-refractivity contribution in [1.82, 2.24) is 4.90 Å². The first kappa shape index (κ1) is 16.0. The summed E-state index contributed by atoms with van der Waals surface area (Å²) in [7, 11) is -3.97. The summed E-state index contributed by atoms with van der Waals surface area (Å²) in [5.74, 6) is -1.77. The van der Waals surface area contributed by atoms with Crippen molar-refractivity contribution in [1.29, 1.82) is 0 Å². The molecule has 1 aliphatic carbocycles. The van der Waals surface area contributed by atoms with E-state index in [-0.39, 0.29) is 28.9 Å². The fourth-order valence-electron chi connectivity index (χ4n) is 3.27. The zero-order chi connectivity index (χ0) is 16.9. The number of carboxylic acids is 1. The van der Waals surface area contributed by atoms with Crippen LogP contribution in [0.1, 0.15) is 29.2 Å². The Morgan fingerprint density at radius 1 is 1.35 bits per heavy atom. The molecule has 0 bridgehead atoms. The van der Waals surface area contributed by atoms with E-state index in [1.807, 2.05) is 0 Å². The number of primary sulfonamides is 1. The third-order valence-corrected chi connectivity index (χ3v) is 5.60. The van der Waals surface area contributed by atoms with E-state index in [9.17, 15) is 23.1 Å². The van der Waals surface area contributed by atoms with Gasteiger partial charge in [0.2, 0.25) is 10.0 Å². The predicted octanol–water partition coefficient (Wildman–Crippen LogP) is 0.418. The molecule has 23 heavy (non-hydrogen) atoms. The Morgan fingerprint density at radius 3 is 2.48 bits per heavy atom. The van der Waals surface area contributed by atoms with Crippen molar-refractivity contribution < 1.29 is 27.5 Å². The smallest absolute Gasteiger partial charge is 0.308 e. The number of nitrogens with zero attached hydrogens (tertiary/aromatic N) is 1. The number of furan rings is 1. The molecule has 0 radical (unpaired) electrons. The van der Waals surface area contributed by atoms with Gasteiger partial charge in [-0.1, -0.05) is 0 Å². The first-order valence-corrected chi connectivity index (χ1v) is 8.88. The minimum atomic E-state index is -3.97. The standard InChI is InChI=1S/C14H18N2O6S/c1-7-12(23(15,20)21)4-11(22-7)13(17)16-5-9(8-2-3-8)10(6-16)14(18)19/h4,8-10H,2-3,5-6H2,1H3,(H,18,19)(H2,15,20,21)/t9-,10+/m1/s1. The van der Waals surface area contributed by atoms with E-state index in [2.05, 4.69) is 0 Å². The van der Waals surface area contributed by atoms with Crippen LogP contribution >= 0.6 is 0 Å². The average molecular weight is 342 g/mol. The van der Waals surface area contributed by atoms with Crippen molar-refractivity contribution in [3.63, 3.8) is 0 Å². The molecule has 1 saturated carbocycles. The van der Waals surface area contributed by atoms with E-state index < -0.39 is 27.8 Å². The first-order chi connectivity index (χ1) is 10.7. The lowest BCUT2D eigenvalue weighted by Gasteiger charge is -2.14. The SMILES string of the molecule is Cc1oc(C(=O)N2C[C@H](C(=O)O)[C@@H](C3CC3)C2)cc1S(N)(=O)=O. The van der Waals surface area contributed by atoms with Crippen LogP contribution in [0.5, 0.6) is 0 Å². The van der Waals surface area contributed by atoms with Gasteiger partial charge in [-0.15, -0.1) is 0 Å². The Balaban J connectivity index is 1.82. The topological polar surface area (TPSA) is 131 Å². The van der Waals surface area contributed by atoms with Gasteiger partial charge in [0, 0.05) is 19.2 Å². The number of sulfonamides is 1. The Kier molecular flexibility index (Phi) is 3.72. The zero-order valence-corrected chi connectivity index (χ0v) is 13.4. The maximum absolute atomic E-state index is 12.5. The lowest BCUT2D eigenvalue weighted by atomic mass is 9.92. The van der Waals surface area contributed by atoms with E-state index in [4.69, 9.17) is 9.56 Å². The highest BCUT2D eigenvalue weighted by Crippen LogP contribution is 2.44. The van der Waals surface area contributed by atoms with Crippen LogP contribution in [0.2, 0.25) is 0 Å². The van der Waals surface area contributed by atoms with E-state index >= 15 is 0 Å². The molecule has 1 aliphatic heterocycles. The molecule has 1 aromatic rings. The van der Waals surface area contributed by atoms with Gasteiger partial charge in [-0.05, 0) is 31.6 Å². The number of carbonyl (C=O) groups excluding carboxylic acids is 1. The van der Waals surface area contributed by atoms with Crippen LogP contribution in [0, 0.1) is 24.7 Å². The minimum Gasteiger partial charge on any atom is -0.481 e. The lowest BCUT2D eigenvalue weighted by molar-refractivity contribution is -0.142. The average Bonchev–Trinajstić information content (AvgIpc) is 3.05. The molecule has 3 rings (SSSR count). The molecule has 9 heteroatoms. The predicted molar refractivity (Wildman–Crippen MR) is 78.1 cm³/mol. The number of carbonyl (C=O) groups is 2. The molecule has 0 unspecified atom stereocenters. The molecule has 3 N–H and O–H groups in total. The maximum Gasteiger partial charge on any atom is 0.308 e. The summed E-state index contributed by atoms with van der Waals surface area (Å²) >= 11 is 0. The lowest BCUT2D eigenvalue weighted by Crippen LogP contribution is -2.29. The summed E-state index contributed by atoms with van der Waals surface area (Å²) in [5, 5.41) is 14.4. The van der Waals surface area contributed by atoms with E-state index in [0.29, 0.717) is 12.5 Å². The van der Waals surface area contributed by atoms with Gasteiger partial charge in [0.25, 0.3) is 5.91 Å². The van der Waals surface area contributed by atoms with Gasteiger partial charge in [-0.3, -0.25) is 9.59 Å². The van der Waals surface area contributed by atoms with E-state index in [1.54, 1.807) is 0 Å². The van der Waals surface area contributed by atoms with Gasteiger partial charge in [0.1, 0.15) is 10.7 Å². The van der Waals surface area contributed by atoms with Crippen molar-refractivity contribution in [2.75, 3.05) is 13.1 Å². The number of carboxylic acid groups (broad SMARTS) is 1. The van der Waals surface area contributed by atoms with Crippen LogP contribution in [-0.2, 0) is 14.8 Å². The third kappa shape index (κ3) is 2.98. The van der Waals surface area contributed by atoms with Crippen molar-refractivity contribution >= 4 is 21.9 Å². The minimum absolute atomic E-state index is 0.0450. The Labute approximate surface area is 133 Å². The molecule has 2 fully saturated rings. The molecule has 126 valence electrons. The van der Waals surface area contributed by atoms with Crippen molar-refractivity contribution in [2.24, 2.45) is 22.9 Å². The number of nitrogens with two attached hydrogens (primary N) is 1. The molecule has 2 aliphatic rings. The molecule has 0 aromatic carbocycles. The summed E-state index contributed by atoms with van der Waals surface area (Å²) in [5.41, 5.74) is 0. The fraction of sp³-hybridized carbons (Fsp3) is 0.571. The van der Waals surface area contributed by atoms with Gasteiger partial charge >= 0.3 is 5.97 Å². The van der Waals surface area contributed by atoms with Crippen LogP contribution in [0.3, 0.4) is 0 Å². The van der Waals surface area contributed by atoms with Crippen LogP contribution in [0.15, 0.2) is 15.4 Å². The summed E-state index contributed by atoms with van der Waals surface area (Å²) in [6, 6.07) is 1.10. The molecule has 1 amide bonds. The highest BCUT2D eigenvalue weighted by atomic mass is 32.2. The van der Waals surface area contributed by atoms with E-state index in [0.717, 1.165) is 18.9 Å². The quantitative estimate of drug-likeness (QED) is 0.815. The maximum atomic E-state index is 12.5. The number of hydrogen-bond acceptors (Lipinski definition) is 5. The number of amides is 1. The highest BCUT2D eigenvalue weighted by Gasteiger charge is 2.47. The van der Waals surface area contributed by atoms with Crippen molar-refractivity contribution in [3.8, 4) is 0 Å². The monoisotopic (exact) mass is 342 g/mol. The van der Waals surface area contributed by atoms with E-state index in [1.165, 1.54) is 11.8 Å². The summed E-state index contributed by atoms with van der Waals surface area (Å²) in [6.45, 7) is 1.87. The van der Waals surface area contributed by atoms with Gasteiger partial charge in [-0.25, -0.2) is 13.6 Å². The van der Waals surface area contributed by atoms with Crippen molar-refractivity contribution in [3.05, 3.63) is 17.6 Å². The zero-order valence-electron chi connectivity index (χ0n) is 12.6. The molecular formula is C14H18N2O6S. The second-order valence-corrected chi connectivity index (χ2v) is 7.76. The molecular weight excluding hydrogens is 324 g/mol. The van der Waals surface area contributed by atoms with Crippen LogP contribution < -0.4 is 5.14 Å². The van der Waals surface area contributed by atoms with Gasteiger partial charge in [0.05, 0.1) is 5.92 Å². The summed E-state index contributed by atoms with van der Waals surface area (Å²) in [4.78, 5) is 25.1. The Hall–Kier alpha value is -1.87. The molecule has 2 atom stereocenters. The van der Waals surface area contributed by atoms with Crippen LogP contribution in [0.4, 0.5) is 0 Å². The highest BCUT2D eigenvalue weighted by molar-refractivity contribution is 7.89. The second kappa shape index (κ2) is 5.34.